The van der Waals surface area contributed by atoms with Crippen molar-refractivity contribution in [1.29, 1.82) is 0 Å². The normalized spacial score (nSPS) is 11.9. The van der Waals surface area contributed by atoms with E-state index in [1.54, 1.807) is 0 Å². The Balaban J connectivity index is 1.37. The first-order valence-corrected chi connectivity index (χ1v) is 11.7. The van der Waals surface area contributed by atoms with Crippen LogP contribution < -0.4 is 9.47 Å². The summed E-state index contributed by atoms with van der Waals surface area (Å²) >= 11 is 0. The predicted molar refractivity (Wildman–Crippen MR) is 136 cm³/mol. The van der Waals surface area contributed by atoms with Gasteiger partial charge in [0.15, 0.2) is 0 Å². The summed E-state index contributed by atoms with van der Waals surface area (Å²) in [5.74, 6) is 2.84. The van der Waals surface area contributed by atoms with Gasteiger partial charge in [0.2, 0.25) is 0 Å². The number of para-hydroxylation sites is 2. The van der Waals surface area contributed by atoms with Crippen molar-refractivity contribution < 1.29 is 9.47 Å². The Morgan fingerprint density at radius 1 is 0.735 bits per heavy atom. The van der Waals surface area contributed by atoms with Crippen LogP contribution in [0.1, 0.15) is 35.4 Å². The molecule has 1 unspecified atom stereocenters. The highest BCUT2D eigenvalue weighted by Crippen LogP contribution is 2.33. The molecule has 0 saturated carbocycles. The predicted octanol–water partition coefficient (Wildman–Crippen LogP) is 7.07. The van der Waals surface area contributed by atoms with E-state index in [9.17, 15) is 0 Å². The molecule has 0 aliphatic rings. The summed E-state index contributed by atoms with van der Waals surface area (Å²) in [7, 11) is 0. The number of nitrogens with zero attached hydrogens (tertiary/aromatic N) is 1. The Hall–Kier alpha value is -4.05. The van der Waals surface area contributed by atoms with E-state index in [2.05, 4.69) is 48.3 Å². The lowest BCUT2D eigenvalue weighted by Crippen LogP contribution is -2.05. The Bertz CT molecular complexity index is 1310. The van der Waals surface area contributed by atoms with Crippen molar-refractivity contribution in [2.75, 3.05) is 0 Å². The highest BCUT2D eigenvalue weighted by Gasteiger charge is 2.16. The topological polar surface area (TPSA) is 47.1 Å². The van der Waals surface area contributed by atoms with Crippen LogP contribution in [0.15, 0.2) is 103 Å². The number of aromatic amines is 1. The number of imidazole rings is 1. The molecule has 0 aliphatic heterocycles. The Labute approximate surface area is 200 Å². The van der Waals surface area contributed by atoms with Crippen LogP contribution in [0.25, 0.3) is 11.0 Å². The maximum atomic E-state index is 6.32. The van der Waals surface area contributed by atoms with Crippen molar-refractivity contribution in [1.82, 2.24) is 9.97 Å². The van der Waals surface area contributed by atoms with Crippen molar-refractivity contribution in [3.63, 3.8) is 0 Å². The second-order valence-electron chi connectivity index (χ2n) is 8.55. The van der Waals surface area contributed by atoms with Crippen molar-refractivity contribution in [3.05, 3.63) is 126 Å². The molecular formula is C30H28N2O2. The molecule has 4 aromatic carbocycles. The van der Waals surface area contributed by atoms with Crippen molar-refractivity contribution in [3.8, 4) is 11.5 Å². The average molecular weight is 449 g/mol. The average Bonchev–Trinajstić information content (AvgIpc) is 3.30. The third-order valence-electron chi connectivity index (χ3n) is 5.94. The molecule has 0 spiro atoms. The molecule has 0 aliphatic carbocycles. The van der Waals surface area contributed by atoms with Gasteiger partial charge in [-0.1, -0.05) is 85.8 Å². The quantitative estimate of drug-likeness (QED) is 0.262. The molecule has 0 saturated heterocycles. The number of fused-ring (bicyclic) bond motifs is 1. The Kier molecular flexibility index (Phi) is 6.57. The molecule has 0 bridgehead atoms. The van der Waals surface area contributed by atoms with Crippen molar-refractivity contribution in [2.45, 2.75) is 32.5 Å². The monoisotopic (exact) mass is 448 g/mol. The molecule has 170 valence electrons. The van der Waals surface area contributed by atoms with Gasteiger partial charge in [0.25, 0.3) is 0 Å². The second kappa shape index (κ2) is 10.3. The molecule has 4 heteroatoms. The van der Waals surface area contributed by atoms with Crippen LogP contribution in [0, 0.1) is 0 Å². The lowest BCUT2D eigenvalue weighted by atomic mass is 9.96. The number of ether oxygens (including phenoxy) is 2. The molecule has 5 rings (SSSR count). The molecule has 34 heavy (non-hydrogen) atoms. The zero-order chi connectivity index (χ0) is 23.2. The lowest BCUT2D eigenvalue weighted by molar-refractivity contribution is 0.286. The van der Waals surface area contributed by atoms with E-state index in [1.807, 2.05) is 66.7 Å². The van der Waals surface area contributed by atoms with Gasteiger partial charge < -0.3 is 14.5 Å². The lowest BCUT2D eigenvalue weighted by Gasteiger charge is -2.18. The van der Waals surface area contributed by atoms with Gasteiger partial charge in [-0.25, -0.2) is 4.98 Å². The third-order valence-corrected chi connectivity index (χ3v) is 5.94. The van der Waals surface area contributed by atoms with Crippen LogP contribution in [0.4, 0.5) is 0 Å². The molecule has 0 fully saturated rings. The van der Waals surface area contributed by atoms with Gasteiger partial charge in [0.1, 0.15) is 30.5 Å². The number of aromatic nitrogens is 2. The first-order chi connectivity index (χ1) is 16.7. The molecule has 0 amide bonds. The zero-order valence-corrected chi connectivity index (χ0v) is 19.3. The summed E-state index contributed by atoms with van der Waals surface area (Å²) in [6, 6.07) is 34.7. The van der Waals surface area contributed by atoms with Gasteiger partial charge >= 0.3 is 0 Å². The standard InChI is InChI=1S/C30H28N2O2/c1-22(18-30-31-27-14-8-9-15-28(27)32-30)26-17-16-25(33-20-23-10-4-2-5-11-23)19-29(26)34-21-24-12-6-3-7-13-24/h2-17,19,22H,18,20-21H2,1H3,(H,31,32). The SMILES string of the molecule is CC(Cc1nc2ccccc2[nH]1)c1ccc(OCc2ccccc2)cc1OCc1ccccc1. The van der Waals surface area contributed by atoms with Crippen LogP contribution >= 0.6 is 0 Å². The fourth-order valence-electron chi connectivity index (χ4n) is 4.12. The van der Waals surface area contributed by atoms with Gasteiger partial charge in [0, 0.05) is 12.5 Å². The first-order valence-electron chi connectivity index (χ1n) is 11.7. The Morgan fingerprint density at radius 2 is 1.38 bits per heavy atom. The largest absolute Gasteiger partial charge is 0.489 e. The molecule has 5 aromatic rings. The summed E-state index contributed by atoms with van der Waals surface area (Å²) in [6.07, 6.45) is 0.792. The minimum atomic E-state index is 0.217. The Morgan fingerprint density at radius 3 is 2.09 bits per heavy atom. The van der Waals surface area contributed by atoms with Gasteiger partial charge in [-0.05, 0) is 40.8 Å². The highest BCUT2D eigenvalue weighted by molar-refractivity contribution is 5.74. The van der Waals surface area contributed by atoms with Gasteiger partial charge in [-0.15, -0.1) is 0 Å². The molecule has 1 atom stereocenters. The maximum Gasteiger partial charge on any atom is 0.126 e. The summed E-state index contributed by atoms with van der Waals surface area (Å²) in [4.78, 5) is 8.21. The molecule has 1 aromatic heterocycles. The molecule has 1 N–H and O–H groups in total. The van der Waals surface area contributed by atoms with Crippen LogP contribution in [-0.4, -0.2) is 9.97 Å². The minimum Gasteiger partial charge on any atom is -0.489 e. The zero-order valence-electron chi connectivity index (χ0n) is 19.3. The third kappa shape index (κ3) is 5.29. The van der Waals surface area contributed by atoms with Crippen LogP contribution in [0.2, 0.25) is 0 Å². The minimum absolute atomic E-state index is 0.217. The molecule has 0 radical (unpaired) electrons. The number of benzene rings is 4. The number of H-pyrrole nitrogens is 1. The number of hydrogen-bond donors (Lipinski definition) is 1. The van der Waals surface area contributed by atoms with Crippen LogP contribution in [0.3, 0.4) is 0 Å². The smallest absolute Gasteiger partial charge is 0.126 e. The second-order valence-corrected chi connectivity index (χ2v) is 8.55. The van der Waals surface area contributed by atoms with E-state index in [0.717, 1.165) is 51.5 Å². The summed E-state index contributed by atoms with van der Waals surface area (Å²) < 4.78 is 12.4. The summed E-state index contributed by atoms with van der Waals surface area (Å²) in [6.45, 7) is 3.24. The summed E-state index contributed by atoms with van der Waals surface area (Å²) in [5, 5.41) is 0. The van der Waals surface area contributed by atoms with Gasteiger partial charge in [-0.3, -0.25) is 0 Å². The van der Waals surface area contributed by atoms with E-state index < -0.39 is 0 Å². The van der Waals surface area contributed by atoms with Crippen molar-refractivity contribution in [2.24, 2.45) is 0 Å². The van der Waals surface area contributed by atoms with E-state index in [4.69, 9.17) is 14.5 Å². The number of hydrogen-bond acceptors (Lipinski definition) is 3. The fourth-order valence-corrected chi connectivity index (χ4v) is 4.12. The van der Waals surface area contributed by atoms with E-state index in [0.29, 0.717) is 13.2 Å². The number of rotatable bonds is 9. The highest BCUT2D eigenvalue weighted by atomic mass is 16.5. The summed E-state index contributed by atoms with van der Waals surface area (Å²) in [5.41, 5.74) is 5.47. The van der Waals surface area contributed by atoms with E-state index >= 15 is 0 Å². The van der Waals surface area contributed by atoms with Crippen LogP contribution in [0.5, 0.6) is 11.5 Å². The van der Waals surface area contributed by atoms with Gasteiger partial charge in [-0.2, -0.15) is 0 Å². The first kappa shape index (κ1) is 21.8. The fraction of sp³-hybridized carbons (Fsp3) is 0.167. The molecule has 4 nitrogen and oxygen atoms in total. The maximum absolute atomic E-state index is 6.32. The van der Waals surface area contributed by atoms with E-state index in [1.165, 1.54) is 0 Å². The van der Waals surface area contributed by atoms with E-state index in [-0.39, 0.29) is 5.92 Å². The molecule has 1 heterocycles. The number of nitrogens with one attached hydrogen (secondary N) is 1. The van der Waals surface area contributed by atoms with Gasteiger partial charge in [0.05, 0.1) is 11.0 Å². The van der Waals surface area contributed by atoms with Crippen molar-refractivity contribution >= 4 is 11.0 Å². The van der Waals surface area contributed by atoms with Crippen LogP contribution in [-0.2, 0) is 19.6 Å². The molecular weight excluding hydrogens is 420 g/mol.